The third-order valence-corrected chi connectivity index (χ3v) is 7.09. The molecule has 7 nitrogen and oxygen atoms in total. The van der Waals surface area contributed by atoms with E-state index in [1.807, 2.05) is 23.4 Å². The number of carbonyl (C=O) groups excluding carboxylic acids is 1. The van der Waals surface area contributed by atoms with Gasteiger partial charge in [0.25, 0.3) is 0 Å². The number of fused-ring (bicyclic) bond motifs is 1. The van der Waals surface area contributed by atoms with E-state index in [1.165, 1.54) is 25.7 Å². The Balaban J connectivity index is 1.15. The van der Waals surface area contributed by atoms with E-state index in [0.29, 0.717) is 18.2 Å². The summed E-state index contributed by atoms with van der Waals surface area (Å²) in [4.78, 5) is 23.4. The van der Waals surface area contributed by atoms with Crippen molar-refractivity contribution in [3.05, 3.63) is 30.4 Å². The third kappa shape index (κ3) is 4.87. The van der Waals surface area contributed by atoms with E-state index in [4.69, 9.17) is 4.52 Å². The van der Waals surface area contributed by atoms with Crippen molar-refractivity contribution in [1.82, 2.24) is 24.6 Å². The standard InChI is InChI=1S/C25H33N5O2/c31-24(29-14-5-6-15-29)9-3-4-16-30-18-26-21-17-20(11-12-22(21)30)25-27-23(32-28-25)13-10-19-7-1-2-8-19/h11-12,17-19H,1-10,13-16H2. The van der Waals surface area contributed by atoms with Gasteiger partial charge in [0.05, 0.1) is 17.4 Å². The van der Waals surface area contributed by atoms with Gasteiger partial charge in [0, 0.05) is 38.0 Å². The number of nitrogens with zero attached hydrogens (tertiary/aromatic N) is 5. The number of unbranched alkanes of at least 4 members (excludes halogenated alkanes) is 1. The monoisotopic (exact) mass is 435 g/mol. The Morgan fingerprint density at radius 1 is 1.09 bits per heavy atom. The Morgan fingerprint density at radius 2 is 1.94 bits per heavy atom. The number of hydrogen-bond acceptors (Lipinski definition) is 5. The van der Waals surface area contributed by atoms with E-state index < -0.39 is 0 Å². The lowest BCUT2D eigenvalue weighted by molar-refractivity contribution is -0.130. The van der Waals surface area contributed by atoms with Crippen LogP contribution in [0.1, 0.15) is 70.1 Å². The topological polar surface area (TPSA) is 77.0 Å². The number of rotatable bonds is 9. The zero-order valence-electron chi connectivity index (χ0n) is 18.8. The lowest BCUT2D eigenvalue weighted by atomic mass is 10.0. The second-order valence-corrected chi connectivity index (χ2v) is 9.39. The van der Waals surface area contributed by atoms with E-state index in [1.54, 1.807) is 0 Å². The molecule has 0 bridgehead atoms. The van der Waals surface area contributed by atoms with E-state index in [2.05, 4.69) is 25.8 Å². The number of aryl methyl sites for hydroxylation is 2. The maximum absolute atomic E-state index is 12.2. The molecule has 1 aromatic carbocycles. The van der Waals surface area contributed by atoms with Gasteiger partial charge in [-0.15, -0.1) is 0 Å². The van der Waals surface area contributed by atoms with Crippen LogP contribution in [0.3, 0.4) is 0 Å². The first kappa shape index (κ1) is 21.2. The maximum Gasteiger partial charge on any atom is 0.226 e. The number of aromatic nitrogens is 4. The van der Waals surface area contributed by atoms with Gasteiger partial charge in [0.1, 0.15) is 0 Å². The van der Waals surface area contributed by atoms with Gasteiger partial charge >= 0.3 is 0 Å². The fourth-order valence-electron chi connectivity index (χ4n) is 5.16. The third-order valence-electron chi connectivity index (χ3n) is 7.09. The number of hydrogen-bond donors (Lipinski definition) is 0. The summed E-state index contributed by atoms with van der Waals surface area (Å²) in [6.07, 6.45) is 14.2. The van der Waals surface area contributed by atoms with Gasteiger partial charge in [0.2, 0.25) is 17.6 Å². The van der Waals surface area contributed by atoms with Crippen LogP contribution in [0, 0.1) is 5.92 Å². The highest BCUT2D eigenvalue weighted by molar-refractivity contribution is 5.80. The molecule has 0 spiro atoms. The van der Waals surface area contributed by atoms with Crippen molar-refractivity contribution >= 4 is 16.9 Å². The van der Waals surface area contributed by atoms with Crippen LogP contribution in [-0.2, 0) is 17.8 Å². The fraction of sp³-hybridized carbons (Fsp3) is 0.600. The van der Waals surface area contributed by atoms with E-state index >= 15 is 0 Å². The molecule has 32 heavy (non-hydrogen) atoms. The zero-order chi connectivity index (χ0) is 21.8. The summed E-state index contributed by atoms with van der Waals surface area (Å²) in [6, 6.07) is 6.17. The molecule has 7 heteroatoms. The summed E-state index contributed by atoms with van der Waals surface area (Å²) < 4.78 is 7.67. The first-order valence-electron chi connectivity index (χ1n) is 12.3. The molecule has 0 N–H and O–H groups in total. The SMILES string of the molecule is O=C(CCCCn1cnc2cc(-c3noc(CCC4CCCC4)n3)ccc21)N1CCCC1. The molecule has 0 unspecified atom stereocenters. The second-order valence-electron chi connectivity index (χ2n) is 9.39. The van der Waals surface area contributed by atoms with E-state index in [9.17, 15) is 4.79 Å². The summed E-state index contributed by atoms with van der Waals surface area (Å²) >= 11 is 0. The lowest BCUT2D eigenvalue weighted by Crippen LogP contribution is -2.27. The van der Waals surface area contributed by atoms with Crippen molar-refractivity contribution in [2.75, 3.05) is 13.1 Å². The molecule has 1 saturated carbocycles. The molecule has 170 valence electrons. The van der Waals surface area contributed by atoms with Crippen molar-refractivity contribution in [2.45, 2.75) is 77.2 Å². The minimum Gasteiger partial charge on any atom is -0.343 e. The highest BCUT2D eigenvalue weighted by Gasteiger charge is 2.18. The quantitative estimate of drug-likeness (QED) is 0.442. The molecule has 2 aromatic heterocycles. The number of imidazole rings is 1. The molecule has 3 aromatic rings. The van der Waals surface area contributed by atoms with Crippen LogP contribution in [0.25, 0.3) is 22.4 Å². The van der Waals surface area contributed by atoms with Gasteiger partial charge in [-0.3, -0.25) is 4.79 Å². The van der Waals surface area contributed by atoms with Gasteiger partial charge < -0.3 is 14.0 Å². The number of benzene rings is 1. The molecule has 1 aliphatic carbocycles. The van der Waals surface area contributed by atoms with Crippen molar-refractivity contribution in [1.29, 1.82) is 0 Å². The molecule has 0 radical (unpaired) electrons. The Morgan fingerprint density at radius 3 is 2.78 bits per heavy atom. The fourth-order valence-corrected chi connectivity index (χ4v) is 5.16. The van der Waals surface area contributed by atoms with Crippen LogP contribution < -0.4 is 0 Å². The first-order valence-corrected chi connectivity index (χ1v) is 12.3. The summed E-state index contributed by atoms with van der Waals surface area (Å²) in [5.41, 5.74) is 2.98. The van der Waals surface area contributed by atoms with Crippen LogP contribution in [0.5, 0.6) is 0 Å². The molecule has 1 aliphatic heterocycles. The predicted octanol–water partition coefficient (Wildman–Crippen LogP) is 5.00. The molecule has 1 saturated heterocycles. The molecular weight excluding hydrogens is 402 g/mol. The van der Waals surface area contributed by atoms with Crippen molar-refractivity contribution in [3.8, 4) is 11.4 Å². The first-order chi connectivity index (χ1) is 15.8. The van der Waals surface area contributed by atoms with Gasteiger partial charge in [-0.1, -0.05) is 30.8 Å². The normalized spacial score (nSPS) is 17.1. The Kier molecular flexibility index (Phi) is 6.51. The predicted molar refractivity (Wildman–Crippen MR) is 123 cm³/mol. The van der Waals surface area contributed by atoms with Crippen LogP contribution in [0.15, 0.2) is 29.0 Å². The molecule has 1 amide bonds. The Hall–Kier alpha value is -2.70. The highest BCUT2D eigenvalue weighted by Crippen LogP contribution is 2.29. The van der Waals surface area contributed by atoms with Crippen molar-refractivity contribution in [3.63, 3.8) is 0 Å². The van der Waals surface area contributed by atoms with E-state index in [-0.39, 0.29) is 0 Å². The minimum absolute atomic E-state index is 0.311. The van der Waals surface area contributed by atoms with Gasteiger partial charge in [-0.05, 0) is 56.2 Å². The van der Waals surface area contributed by atoms with Gasteiger partial charge in [-0.2, -0.15) is 4.98 Å². The molecular formula is C25H33N5O2. The zero-order valence-corrected chi connectivity index (χ0v) is 18.8. The lowest BCUT2D eigenvalue weighted by Gasteiger charge is -2.14. The van der Waals surface area contributed by atoms with Crippen LogP contribution >= 0.6 is 0 Å². The average molecular weight is 436 g/mol. The van der Waals surface area contributed by atoms with Gasteiger partial charge in [-0.25, -0.2) is 4.98 Å². The van der Waals surface area contributed by atoms with Crippen molar-refractivity contribution < 1.29 is 9.32 Å². The van der Waals surface area contributed by atoms with Crippen LogP contribution in [0.2, 0.25) is 0 Å². The Labute approximate surface area is 189 Å². The Bertz CT molecular complexity index is 1040. The van der Waals surface area contributed by atoms with E-state index in [0.717, 1.165) is 86.6 Å². The molecule has 5 rings (SSSR count). The summed E-state index contributed by atoms with van der Waals surface area (Å²) in [5.74, 6) is 2.51. The largest absolute Gasteiger partial charge is 0.343 e. The smallest absolute Gasteiger partial charge is 0.226 e. The molecule has 2 aliphatic rings. The molecule has 2 fully saturated rings. The van der Waals surface area contributed by atoms with Crippen LogP contribution in [0.4, 0.5) is 0 Å². The number of likely N-dealkylation sites (tertiary alicyclic amines) is 1. The summed E-state index contributed by atoms with van der Waals surface area (Å²) in [5, 5.41) is 4.20. The number of amides is 1. The molecule has 3 heterocycles. The van der Waals surface area contributed by atoms with Gasteiger partial charge in [0.15, 0.2) is 0 Å². The van der Waals surface area contributed by atoms with Crippen LogP contribution in [-0.4, -0.2) is 43.6 Å². The highest BCUT2D eigenvalue weighted by atomic mass is 16.5. The van der Waals surface area contributed by atoms with Crippen molar-refractivity contribution in [2.24, 2.45) is 5.92 Å². The summed E-state index contributed by atoms with van der Waals surface area (Å²) in [6.45, 7) is 2.75. The maximum atomic E-state index is 12.2. The number of carbonyl (C=O) groups is 1. The minimum atomic E-state index is 0.311. The average Bonchev–Trinajstić information content (AvgIpc) is 3.62. The molecule has 0 atom stereocenters. The summed E-state index contributed by atoms with van der Waals surface area (Å²) in [7, 11) is 0. The second kappa shape index (κ2) is 9.84.